The number of nitrogens with one attached hydrogen (secondary N) is 2. The molecule has 120 valence electrons. The molecule has 2 N–H and O–H groups in total. The first-order valence-electron chi connectivity index (χ1n) is 7.78. The topological polar surface area (TPSA) is 36.5 Å². The maximum Gasteiger partial charge on any atom is 0.175 e. The molecule has 0 unspecified atom stereocenters. The number of nitrogens with zero attached hydrogens (tertiary/aromatic N) is 1. The van der Waals surface area contributed by atoms with E-state index in [1.165, 1.54) is 11.3 Å². The summed E-state index contributed by atoms with van der Waals surface area (Å²) in [7, 11) is 0. The molecule has 1 aliphatic rings. The van der Waals surface area contributed by atoms with Gasteiger partial charge in [-0.1, -0.05) is 12.1 Å². The summed E-state index contributed by atoms with van der Waals surface area (Å²) in [4.78, 5) is 2.33. The van der Waals surface area contributed by atoms with E-state index in [9.17, 15) is 0 Å². The summed E-state index contributed by atoms with van der Waals surface area (Å²) in [6.07, 6.45) is 0. The van der Waals surface area contributed by atoms with Crippen molar-refractivity contribution >= 4 is 34.4 Å². The molecule has 2 aromatic carbocycles. The van der Waals surface area contributed by atoms with Crippen LogP contribution in [0.1, 0.15) is 5.56 Å². The summed E-state index contributed by atoms with van der Waals surface area (Å²) in [5, 5.41) is 7.01. The highest BCUT2D eigenvalue weighted by atomic mass is 32.1. The number of benzene rings is 2. The van der Waals surface area contributed by atoms with Gasteiger partial charge in [-0.3, -0.25) is 0 Å². The fraction of sp³-hybridized carbons (Fsp3) is 0.278. The Bertz CT molecular complexity index is 666. The number of ether oxygens (including phenoxy) is 1. The van der Waals surface area contributed by atoms with Crippen molar-refractivity contribution in [3.63, 3.8) is 0 Å². The molecule has 0 aliphatic carbocycles. The molecule has 0 aromatic heterocycles. The highest BCUT2D eigenvalue weighted by molar-refractivity contribution is 7.80. The van der Waals surface area contributed by atoms with E-state index in [0.29, 0.717) is 5.11 Å². The molecule has 0 spiro atoms. The van der Waals surface area contributed by atoms with Gasteiger partial charge in [-0.2, -0.15) is 0 Å². The Labute approximate surface area is 142 Å². The monoisotopic (exact) mass is 327 g/mol. The van der Waals surface area contributed by atoms with E-state index in [1.807, 2.05) is 12.1 Å². The normalized spacial score (nSPS) is 14.4. The minimum Gasteiger partial charge on any atom is -0.378 e. The molecule has 0 radical (unpaired) electrons. The third-order valence-corrected chi connectivity index (χ3v) is 3.98. The molecular formula is C18H21N3OS. The van der Waals surface area contributed by atoms with Crippen molar-refractivity contribution in [2.75, 3.05) is 41.8 Å². The Morgan fingerprint density at radius 2 is 1.70 bits per heavy atom. The van der Waals surface area contributed by atoms with Gasteiger partial charge in [0.2, 0.25) is 0 Å². The van der Waals surface area contributed by atoms with Gasteiger partial charge in [0.05, 0.1) is 13.2 Å². The first-order chi connectivity index (χ1) is 11.2. The summed E-state index contributed by atoms with van der Waals surface area (Å²) in [5.74, 6) is 0. The van der Waals surface area contributed by atoms with Gasteiger partial charge in [0, 0.05) is 30.2 Å². The number of morpholine rings is 1. The highest BCUT2D eigenvalue weighted by Crippen LogP contribution is 2.19. The van der Waals surface area contributed by atoms with Crippen LogP contribution in [-0.4, -0.2) is 31.4 Å². The summed E-state index contributed by atoms with van der Waals surface area (Å²) < 4.78 is 5.38. The van der Waals surface area contributed by atoms with Crippen LogP contribution in [0.5, 0.6) is 0 Å². The molecule has 0 bridgehead atoms. The van der Waals surface area contributed by atoms with E-state index in [0.717, 1.165) is 37.7 Å². The number of aryl methyl sites for hydroxylation is 1. The second-order valence-electron chi connectivity index (χ2n) is 5.59. The molecule has 0 saturated carbocycles. The summed E-state index contributed by atoms with van der Waals surface area (Å²) in [5.41, 5.74) is 4.39. The number of hydrogen-bond acceptors (Lipinski definition) is 3. The van der Waals surface area contributed by atoms with E-state index < -0.39 is 0 Å². The Kier molecular flexibility index (Phi) is 5.10. The third kappa shape index (κ3) is 4.43. The maximum atomic E-state index is 5.38. The van der Waals surface area contributed by atoms with Crippen LogP contribution in [0.15, 0.2) is 48.5 Å². The second-order valence-corrected chi connectivity index (χ2v) is 6.00. The molecule has 23 heavy (non-hydrogen) atoms. The van der Waals surface area contributed by atoms with Crippen LogP contribution in [0.2, 0.25) is 0 Å². The summed E-state index contributed by atoms with van der Waals surface area (Å²) >= 11 is 5.37. The molecule has 3 rings (SSSR count). The molecule has 1 aliphatic heterocycles. The first kappa shape index (κ1) is 15.8. The van der Waals surface area contributed by atoms with E-state index in [4.69, 9.17) is 17.0 Å². The maximum absolute atomic E-state index is 5.38. The lowest BCUT2D eigenvalue weighted by molar-refractivity contribution is 0.122. The molecule has 5 heteroatoms. The molecule has 1 saturated heterocycles. The van der Waals surface area contributed by atoms with Crippen molar-refractivity contribution in [1.29, 1.82) is 0 Å². The van der Waals surface area contributed by atoms with Crippen LogP contribution in [0.4, 0.5) is 17.1 Å². The van der Waals surface area contributed by atoms with E-state index in [2.05, 4.69) is 58.9 Å². The Morgan fingerprint density at radius 3 is 2.39 bits per heavy atom. The SMILES string of the molecule is Cc1cccc(NC(=S)Nc2ccc(N3CCOCC3)cc2)c1. The van der Waals surface area contributed by atoms with Gasteiger partial charge in [-0.15, -0.1) is 0 Å². The van der Waals surface area contributed by atoms with E-state index in [-0.39, 0.29) is 0 Å². The molecular weight excluding hydrogens is 306 g/mol. The van der Waals surface area contributed by atoms with Crippen LogP contribution in [0, 0.1) is 6.92 Å². The van der Waals surface area contributed by atoms with Gasteiger partial charge in [-0.25, -0.2) is 0 Å². The van der Waals surface area contributed by atoms with E-state index >= 15 is 0 Å². The summed E-state index contributed by atoms with van der Waals surface area (Å²) in [6, 6.07) is 16.5. The van der Waals surface area contributed by atoms with E-state index in [1.54, 1.807) is 0 Å². The van der Waals surface area contributed by atoms with Gasteiger partial charge in [0.1, 0.15) is 0 Å². The van der Waals surface area contributed by atoms with Crippen molar-refractivity contribution in [3.8, 4) is 0 Å². The fourth-order valence-corrected chi connectivity index (χ4v) is 2.83. The van der Waals surface area contributed by atoms with Gasteiger partial charge < -0.3 is 20.3 Å². The quantitative estimate of drug-likeness (QED) is 0.842. The lowest BCUT2D eigenvalue weighted by atomic mass is 10.2. The van der Waals surface area contributed by atoms with Gasteiger partial charge in [0.15, 0.2) is 5.11 Å². The van der Waals surface area contributed by atoms with Crippen LogP contribution in [0.3, 0.4) is 0 Å². The lowest BCUT2D eigenvalue weighted by Gasteiger charge is -2.29. The second kappa shape index (κ2) is 7.44. The minimum absolute atomic E-state index is 0.592. The molecule has 4 nitrogen and oxygen atoms in total. The average Bonchev–Trinajstić information content (AvgIpc) is 2.56. The largest absolute Gasteiger partial charge is 0.378 e. The first-order valence-corrected chi connectivity index (χ1v) is 8.19. The zero-order valence-electron chi connectivity index (χ0n) is 13.2. The van der Waals surface area contributed by atoms with Crippen molar-refractivity contribution in [2.45, 2.75) is 6.92 Å². The van der Waals surface area contributed by atoms with Gasteiger partial charge >= 0.3 is 0 Å². The van der Waals surface area contributed by atoms with Crippen LogP contribution in [0.25, 0.3) is 0 Å². The molecule has 0 atom stereocenters. The predicted octanol–water partition coefficient (Wildman–Crippen LogP) is 3.64. The fourth-order valence-electron chi connectivity index (χ4n) is 2.59. The van der Waals surface area contributed by atoms with Gasteiger partial charge in [-0.05, 0) is 61.1 Å². The summed E-state index contributed by atoms with van der Waals surface area (Å²) in [6.45, 7) is 5.54. The minimum atomic E-state index is 0.592. The highest BCUT2D eigenvalue weighted by Gasteiger charge is 2.10. The van der Waals surface area contributed by atoms with Gasteiger partial charge in [0.25, 0.3) is 0 Å². The van der Waals surface area contributed by atoms with Crippen LogP contribution >= 0.6 is 12.2 Å². The standard InChI is InChI=1S/C18H21N3OS/c1-14-3-2-4-16(13-14)20-18(23)19-15-5-7-17(8-6-15)21-9-11-22-12-10-21/h2-8,13H,9-12H2,1H3,(H2,19,20,23). The zero-order chi connectivity index (χ0) is 16.1. The molecule has 0 amide bonds. The average molecular weight is 327 g/mol. The molecule has 2 aromatic rings. The third-order valence-electron chi connectivity index (χ3n) is 3.78. The molecule has 1 heterocycles. The van der Waals surface area contributed by atoms with Crippen molar-refractivity contribution in [1.82, 2.24) is 0 Å². The molecule has 1 fully saturated rings. The predicted molar refractivity (Wildman–Crippen MR) is 100 cm³/mol. The van der Waals surface area contributed by atoms with Crippen molar-refractivity contribution in [3.05, 3.63) is 54.1 Å². The smallest absolute Gasteiger partial charge is 0.175 e. The number of anilines is 3. The lowest BCUT2D eigenvalue weighted by Crippen LogP contribution is -2.36. The van der Waals surface area contributed by atoms with Crippen molar-refractivity contribution in [2.24, 2.45) is 0 Å². The number of thiocarbonyl (C=S) groups is 1. The van der Waals surface area contributed by atoms with Crippen molar-refractivity contribution < 1.29 is 4.74 Å². The Balaban J connectivity index is 1.58. The van der Waals surface area contributed by atoms with Crippen LogP contribution in [-0.2, 0) is 4.74 Å². The Morgan fingerprint density at radius 1 is 1.00 bits per heavy atom. The zero-order valence-corrected chi connectivity index (χ0v) is 14.0. The number of rotatable bonds is 3. The number of hydrogen-bond donors (Lipinski definition) is 2. The van der Waals surface area contributed by atoms with Crippen LogP contribution < -0.4 is 15.5 Å². The Hall–Kier alpha value is -2.11.